The Bertz CT molecular complexity index is 2090. The van der Waals surface area contributed by atoms with Gasteiger partial charge in [0.2, 0.25) is 5.91 Å². The summed E-state index contributed by atoms with van der Waals surface area (Å²) in [4.78, 5) is 82.5. The Labute approximate surface area is 300 Å². The lowest BCUT2D eigenvalue weighted by Gasteiger charge is -2.61. The van der Waals surface area contributed by atoms with E-state index < -0.39 is 87.2 Å². The fourth-order valence-corrected chi connectivity index (χ4v) is 8.76. The highest BCUT2D eigenvalue weighted by Crippen LogP contribution is 2.62. The second kappa shape index (κ2) is 12.5. The van der Waals surface area contributed by atoms with Gasteiger partial charge in [-0.1, -0.05) is 32.0 Å². The summed E-state index contributed by atoms with van der Waals surface area (Å²) in [5.41, 5.74) is 1.28. The number of halogens is 3. The monoisotopic (exact) mass is 736 g/mol. The molecule has 6 atom stereocenters. The number of alkyl halides is 3. The van der Waals surface area contributed by atoms with Crippen molar-refractivity contribution in [3.05, 3.63) is 71.8 Å². The molecule has 2 fully saturated rings. The van der Waals surface area contributed by atoms with Crippen LogP contribution in [-0.2, 0) is 25.6 Å². The number of fused-ring (bicyclic) bond motifs is 3. The van der Waals surface area contributed by atoms with E-state index >= 15 is 0 Å². The molecule has 0 saturated heterocycles. The van der Waals surface area contributed by atoms with E-state index in [1.54, 1.807) is 37.3 Å². The molecule has 0 aromatic heterocycles. The molecule has 2 saturated carbocycles. The van der Waals surface area contributed by atoms with E-state index in [1.807, 2.05) is 0 Å². The predicted octanol–water partition coefficient (Wildman–Crippen LogP) is 3.86. The van der Waals surface area contributed by atoms with Gasteiger partial charge in [0.15, 0.2) is 34.7 Å². The van der Waals surface area contributed by atoms with Crippen LogP contribution >= 0.6 is 0 Å². The van der Waals surface area contributed by atoms with Crippen molar-refractivity contribution in [1.82, 2.24) is 4.90 Å². The molecule has 0 bridgehead atoms. The summed E-state index contributed by atoms with van der Waals surface area (Å²) >= 11 is 0. The van der Waals surface area contributed by atoms with E-state index in [-0.39, 0.29) is 24.1 Å². The fraction of sp³-hybridized carbons (Fsp3) is 0.351. The number of aliphatic hydroxyl groups is 1. The number of phenols is 1. The second-order valence-electron chi connectivity index (χ2n) is 14.5. The Balaban J connectivity index is 1.30. The minimum atomic E-state index is -4.86. The summed E-state index contributed by atoms with van der Waals surface area (Å²) in [6, 6.07) is 11.8. The van der Waals surface area contributed by atoms with Crippen molar-refractivity contribution in [2.75, 3.05) is 24.7 Å². The number of likely N-dealkylation sites (N-methyl/N-ethyl adjacent to an activating group) is 1. The van der Waals surface area contributed by atoms with Crippen molar-refractivity contribution >= 4 is 46.4 Å². The van der Waals surface area contributed by atoms with Crippen LogP contribution in [0, 0.1) is 22.7 Å². The van der Waals surface area contributed by atoms with E-state index in [4.69, 9.17) is 5.73 Å². The molecule has 6 N–H and O–H groups in total. The third-order valence-corrected chi connectivity index (χ3v) is 10.7. The van der Waals surface area contributed by atoms with Crippen LogP contribution < -0.4 is 21.1 Å². The predicted molar refractivity (Wildman–Crippen MR) is 182 cm³/mol. The van der Waals surface area contributed by atoms with Gasteiger partial charge in [0.25, 0.3) is 0 Å². The lowest BCUT2D eigenvalue weighted by Crippen LogP contribution is -2.79. The molecule has 3 aromatic carbocycles. The summed E-state index contributed by atoms with van der Waals surface area (Å²) in [7, 11) is 3.02. The van der Waals surface area contributed by atoms with Gasteiger partial charge in [0.1, 0.15) is 11.5 Å². The lowest BCUT2D eigenvalue weighted by molar-refractivity contribution is -0.274. The average molecular weight is 737 g/mol. The molecule has 3 aromatic rings. The highest BCUT2D eigenvalue weighted by molar-refractivity contribution is 6.33. The maximum absolute atomic E-state index is 14.4. The smallest absolute Gasteiger partial charge is 0.507 e. The molecule has 0 aliphatic heterocycles. The van der Waals surface area contributed by atoms with Crippen molar-refractivity contribution in [2.24, 2.45) is 28.4 Å². The molecule has 0 radical (unpaired) electrons. The minimum Gasteiger partial charge on any atom is -0.507 e. The Morgan fingerprint density at radius 3 is 2.00 bits per heavy atom. The van der Waals surface area contributed by atoms with Gasteiger partial charge >= 0.3 is 12.4 Å². The topological polar surface area (TPSA) is 205 Å². The molecule has 0 heterocycles. The zero-order valence-corrected chi connectivity index (χ0v) is 28.8. The lowest BCUT2D eigenvalue weighted by atomic mass is 9.42. The summed E-state index contributed by atoms with van der Waals surface area (Å²) < 4.78 is 41.1. The molecule has 16 heteroatoms. The Kier molecular flexibility index (Phi) is 8.77. The Hall–Kier alpha value is -5.61. The van der Waals surface area contributed by atoms with Crippen molar-refractivity contribution in [1.29, 1.82) is 0 Å². The summed E-state index contributed by atoms with van der Waals surface area (Å²) in [5.74, 6) is -10.1. The molecule has 53 heavy (non-hydrogen) atoms. The normalized spacial score (nSPS) is 28.1. The Morgan fingerprint density at radius 1 is 0.906 bits per heavy atom. The van der Waals surface area contributed by atoms with Crippen molar-refractivity contribution in [2.45, 2.75) is 44.7 Å². The number of aromatic hydroxyl groups is 1. The molecule has 0 spiro atoms. The van der Waals surface area contributed by atoms with Gasteiger partial charge in [0.05, 0.1) is 17.5 Å². The highest BCUT2D eigenvalue weighted by atomic mass is 19.4. The number of nitrogens with zero attached hydrogens (tertiary/aromatic N) is 1. The first-order chi connectivity index (χ1) is 24.6. The fourth-order valence-electron chi connectivity index (χ4n) is 8.76. The SMILES string of the molecule is CN(C)[C@@H]1C(=O)C(C(N)=O)C(=O)[C@@]2(O)C(=O)C3C(=O)c4c(O)ccc(-c5ccc(NC(=O)Nc6ccc(OC(F)(F)F)cc6)cc5)c4C[C@@]3(C)C[C@@]12C. The average Bonchev–Trinajstić information content (AvgIpc) is 3.03. The highest BCUT2D eigenvalue weighted by Gasteiger charge is 2.76. The van der Waals surface area contributed by atoms with Crippen LogP contribution in [0.2, 0.25) is 0 Å². The molecular formula is C37H35F3N4O9. The summed E-state index contributed by atoms with van der Waals surface area (Å²) in [5, 5.41) is 28.2. The van der Waals surface area contributed by atoms with Gasteiger partial charge in [-0.05, 0) is 91.5 Å². The van der Waals surface area contributed by atoms with Crippen molar-refractivity contribution < 1.29 is 56.9 Å². The molecule has 2 unspecified atom stereocenters. The first kappa shape index (κ1) is 37.2. The molecule has 3 aliphatic carbocycles. The number of anilines is 2. The molecular weight excluding hydrogens is 701 g/mol. The largest absolute Gasteiger partial charge is 0.573 e. The van der Waals surface area contributed by atoms with Gasteiger partial charge in [0, 0.05) is 16.8 Å². The van der Waals surface area contributed by atoms with Crippen molar-refractivity contribution in [3.8, 4) is 22.6 Å². The van der Waals surface area contributed by atoms with Gasteiger partial charge in [-0.15, -0.1) is 13.2 Å². The third-order valence-electron chi connectivity index (χ3n) is 10.7. The zero-order chi connectivity index (χ0) is 39.0. The van der Waals surface area contributed by atoms with E-state index in [0.29, 0.717) is 22.4 Å². The number of ether oxygens (including phenoxy) is 1. The van der Waals surface area contributed by atoms with E-state index in [0.717, 1.165) is 12.1 Å². The van der Waals surface area contributed by atoms with Crippen LogP contribution in [0.1, 0.15) is 36.2 Å². The second-order valence-corrected chi connectivity index (χ2v) is 14.5. The molecule has 3 amide bonds. The van der Waals surface area contributed by atoms with E-state index in [1.165, 1.54) is 44.1 Å². The van der Waals surface area contributed by atoms with E-state index in [9.17, 15) is 52.2 Å². The third kappa shape index (κ3) is 5.91. The Morgan fingerprint density at radius 2 is 1.47 bits per heavy atom. The number of hydrogen-bond acceptors (Lipinski definition) is 10. The zero-order valence-electron chi connectivity index (χ0n) is 28.8. The number of phenolic OH excluding ortho intramolecular Hbond substituents is 1. The number of ketones is 4. The molecule has 278 valence electrons. The first-order valence-electron chi connectivity index (χ1n) is 16.4. The number of carbonyl (C=O) groups is 6. The van der Waals surface area contributed by atoms with Crippen LogP contribution in [0.4, 0.5) is 29.3 Å². The van der Waals surface area contributed by atoms with Crippen LogP contribution in [-0.4, -0.2) is 82.3 Å². The minimum absolute atomic E-state index is 0.0108. The standard InChI is InChI=1S/C37H35F3N4O9/c1-34-15-22-21(17-5-7-18(8-6-17)42-33(51)43-19-9-11-20(12-10-19)53-37(38,39)40)13-14-23(45)24(22)27(46)26(34)31(49)36(52)30(48)25(32(41)50)28(47)29(44(3)4)35(36,2)16-34/h5-14,25-26,29,45,52H,15-16H2,1-4H3,(H2,41,50)(H2,42,43,51)/t25?,26?,29-,34+,35+,36-/m1/s1. The number of nitrogens with one attached hydrogen (secondary N) is 2. The first-order valence-corrected chi connectivity index (χ1v) is 16.4. The number of nitrogens with two attached hydrogens (primary N) is 1. The number of hydrogen-bond donors (Lipinski definition) is 5. The molecule has 3 aliphatic rings. The molecule has 6 rings (SSSR count). The number of rotatable bonds is 6. The number of carbonyl (C=O) groups excluding carboxylic acids is 6. The number of benzene rings is 3. The van der Waals surface area contributed by atoms with Crippen molar-refractivity contribution in [3.63, 3.8) is 0 Å². The summed E-state index contributed by atoms with van der Waals surface area (Å²) in [6.45, 7) is 3.08. The van der Waals surface area contributed by atoms with Crippen LogP contribution in [0.15, 0.2) is 60.7 Å². The van der Waals surface area contributed by atoms with Gasteiger partial charge in [-0.25, -0.2) is 4.79 Å². The summed E-state index contributed by atoms with van der Waals surface area (Å²) in [6.07, 6.45) is -5.02. The van der Waals surface area contributed by atoms with Gasteiger partial charge < -0.3 is 31.3 Å². The number of urea groups is 1. The maximum atomic E-state index is 14.4. The number of amides is 3. The van der Waals surface area contributed by atoms with Crippen LogP contribution in [0.25, 0.3) is 11.1 Å². The van der Waals surface area contributed by atoms with Crippen LogP contribution in [0.5, 0.6) is 11.5 Å². The van der Waals surface area contributed by atoms with Gasteiger partial charge in [-0.3, -0.25) is 28.9 Å². The quantitative estimate of drug-likeness (QED) is 0.231. The maximum Gasteiger partial charge on any atom is 0.573 e. The molecule has 13 nitrogen and oxygen atoms in total. The van der Waals surface area contributed by atoms with E-state index in [2.05, 4.69) is 15.4 Å². The van der Waals surface area contributed by atoms with Gasteiger partial charge in [-0.2, -0.15) is 0 Å². The number of primary amides is 1. The number of Topliss-reactive ketones (excluding diaryl/α,β-unsaturated/α-hetero) is 4. The van der Waals surface area contributed by atoms with Crippen LogP contribution in [0.3, 0.4) is 0 Å².